The van der Waals surface area contributed by atoms with Gasteiger partial charge in [0.05, 0.1) is 23.1 Å². The Kier molecular flexibility index (Phi) is 6.77. The predicted molar refractivity (Wildman–Crippen MR) is 122 cm³/mol. The van der Waals surface area contributed by atoms with Gasteiger partial charge in [-0.25, -0.2) is 9.97 Å². The molecule has 0 radical (unpaired) electrons. The number of rotatable bonds is 6. The number of hydrogen-bond acceptors (Lipinski definition) is 6. The number of halogens is 3. The number of alkyl halides is 3. The Morgan fingerprint density at radius 1 is 1.15 bits per heavy atom. The number of piperazine rings is 1. The van der Waals surface area contributed by atoms with Crippen LogP contribution >= 0.6 is 0 Å². The highest BCUT2D eigenvalue weighted by molar-refractivity contribution is 5.84. The summed E-state index contributed by atoms with van der Waals surface area (Å²) in [4.78, 5) is 13.0. The van der Waals surface area contributed by atoms with Crippen LogP contribution in [0.15, 0.2) is 30.6 Å². The van der Waals surface area contributed by atoms with E-state index in [1.165, 1.54) is 18.5 Å². The fourth-order valence-corrected chi connectivity index (χ4v) is 4.18. The number of aromatic nitrogens is 3. The largest absolute Gasteiger partial charge is 0.492 e. The maximum atomic E-state index is 13.9. The Labute approximate surface area is 196 Å². The summed E-state index contributed by atoms with van der Waals surface area (Å²) in [6.07, 6.45) is -3.05. The highest BCUT2D eigenvalue weighted by atomic mass is 19.4. The number of hydrogen-bond donors (Lipinski definition) is 0. The third kappa shape index (κ3) is 5.00. The molecule has 7 nitrogen and oxygen atoms in total. The normalized spacial score (nSPS) is 15.7. The van der Waals surface area contributed by atoms with Gasteiger partial charge in [0.1, 0.15) is 23.9 Å². The molecule has 0 bridgehead atoms. The summed E-state index contributed by atoms with van der Waals surface area (Å²) in [5.74, 6) is -0.209. The second-order valence-electron chi connectivity index (χ2n) is 8.72. The van der Waals surface area contributed by atoms with E-state index in [9.17, 15) is 18.4 Å². The molecule has 0 aliphatic carbocycles. The van der Waals surface area contributed by atoms with E-state index < -0.39 is 11.7 Å². The number of imidazole rings is 1. The van der Waals surface area contributed by atoms with Gasteiger partial charge >= 0.3 is 6.18 Å². The third-order valence-electron chi connectivity index (χ3n) is 6.20. The minimum atomic E-state index is -4.59. The van der Waals surface area contributed by atoms with E-state index in [1.807, 2.05) is 6.07 Å². The lowest BCUT2D eigenvalue weighted by atomic mass is 10.1. The lowest BCUT2D eigenvalue weighted by Gasteiger charge is -2.36. The van der Waals surface area contributed by atoms with Crippen molar-refractivity contribution in [1.82, 2.24) is 24.3 Å². The zero-order valence-electron chi connectivity index (χ0n) is 19.4. The predicted octanol–water partition coefficient (Wildman–Crippen LogP) is 3.93. The molecule has 2 aromatic heterocycles. The molecule has 0 spiro atoms. The summed E-state index contributed by atoms with van der Waals surface area (Å²) >= 11 is 0. The number of ether oxygens (including phenoxy) is 1. The summed E-state index contributed by atoms with van der Waals surface area (Å²) in [6, 6.07) is 8.00. The van der Waals surface area contributed by atoms with Crippen LogP contribution in [0.3, 0.4) is 0 Å². The first kappa shape index (κ1) is 24.0. The van der Waals surface area contributed by atoms with Crippen molar-refractivity contribution in [3.8, 4) is 23.1 Å². The minimum absolute atomic E-state index is 0.0690. The van der Waals surface area contributed by atoms with Gasteiger partial charge in [0.15, 0.2) is 5.69 Å². The first-order valence-corrected chi connectivity index (χ1v) is 11.2. The van der Waals surface area contributed by atoms with Crippen molar-refractivity contribution < 1.29 is 17.9 Å². The molecule has 0 amide bonds. The molecule has 3 aromatic rings. The second-order valence-corrected chi connectivity index (χ2v) is 8.72. The molecule has 0 unspecified atom stereocenters. The topological polar surface area (TPSA) is 70.2 Å². The Bertz CT molecular complexity index is 1210. The smallest absolute Gasteiger partial charge is 0.419 e. The Morgan fingerprint density at radius 3 is 2.53 bits per heavy atom. The molecule has 1 aliphatic rings. The number of benzene rings is 1. The molecule has 1 aliphatic heterocycles. The molecule has 4 rings (SSSR count). The van der Waals surface area contributed by atoms with Gasteiger partial charge in [-0.3, -0.25) is 9.80 Å². The van der Waals surface area contributed by atoms with Crippen LogP contribution in [0.4, 0.5) is 13.2 Å². The highest BCUT2D eigenvalue weighted by Gasteiger charge is 2.35. The van der Waals surface area contributed by atoms with Crippen molar-refractivity contribution in [2.75, 3.05) is 39.3 Å². The fraction of sp³-hybridized carbons (Fsp3) is 0.458. The molecular formula is C24H27F3N6O. The van der Waals surface area contributed by atoms with E-state index in [-0.39, 0.29) is 29.3 Å². The maximum absolute atomic E-state index is 13.9. The van der Waals surface area contributed by atoms with Crippen LogP contribution in [0.1, 0.15) is 25.1 Å². The molecule has 0 atom stereocenters. The average Bonchev–Trinajstić information content (AvgIpc) is 3.19. The maximum Gasteiger partial charge on any atom is 0.419 e. The first-order valence-electron chi connectivity index (χ1n) is 11.2. The summed E-state index contributed by atoms with van der Waals surface area (Å²) in [7, 11) is 1.75. The van der Waals surface area contributed by atoms with Gasteiger partial charge in [-0.15, -0.1) is 0 Å². The van der Waals surface area contributed by atoms with Gasteiger partial charge in [-0.2, -0.15) is 18.4 Å². The number of fused-ring (bicyclic) bond motifs is 1. The van der Waals surface area contributed by atoms with Gasteiger partial charge in [0, 0.05) is 51.4 Å². The summed E-state index contributed by atoms with van der Waals surface area (Å²) in [6.45, 7) is 8.68. The molecule has 1 fully saturated rings. The number of nitriles is 1. The van der Waals surface area contributed by atoms with E-state index in [1.54, 1.807) is 17.7 Å². The Morgan fingerprint density at radius 2 is 1.88 bits per heavy atom. The van der Waals surface area contributed by atoms with Gasteiger partial charge < -0.3 is 9.30 Å². The molecule has 0 saturated carbocycles. The monoisotopic (exact) mass is 472 g/mol. The summed E-state index contributed by atoms with van der Waals surface area (Å²) in [5.41, 5.74) is 0.767. The first-order chi connectivity index (χ1) is 16.2. The Balaban J connectivity index is 1.53. The molecule has 3 heterocycles. The third-order valence-corrected chi connectivity index (χ3v) is 6.20. The van der Waals surface area contributed by atoms with Crippen LogP contribution in [-0.2, 0) is 13.2 Å². The summed E-state index contributed by atoms with van der Waals surface area (Å²) in [5, 5.41) is 9.42. The van der Waals surface area contributed by atoms with Crippen molar-refractivity contribution in [2.45, 2.75) is 26.1 Å². The molecule has 34 heavy (non-hydrogen) atoms. The number of nitrogens with zero attached hydrogens (tertiary/aromatic N) is 6. The van der Waals surface area contributed by atoms with Crippen LogP contribution in [-0.4, -0.2) is 69.7 Å². The zero-order chi connectivity index (χ0) is 24.5. The van der Waals surface area contributed by atoms with Crippen LogP contribution in [0.5, 0.6) is 5.75 Å². The van der Waals surface area contributed by atoms with Crippen molar-refractivity contribution in [3.05, 3.63) is 41.9 Å². The highest BCUT2D eigenvalue weighted by Crippen LogP contribution is 2.39. The van der Waals surface area contributed by atoms with Crippen LogP contribution in [0, 0.1) is 11.3 Å². The zero-order valence-corrected chi connectivity index (χ0v) is 19.4. The quantitative estimate of drug-likeness (QED) is 0.542. The van der Waals surface area contributed by atoms with Crippen LogP contribution < -0.4 is 4.74 Å². The van der Waals surface area contributed by atoms with Crippen LogP contribution in [0.2, 0.25) is 0 Å². The van der Waals surface area contributed by atoms with Gasteiger partial charge in [0.25, 0.3) is 0 Å². The van der Waals surface area contributed by atoms with Crippen molar-refractivity contribution in [3.63, 3.8) is 0 Å². The fourth-order valence-electron chi connectivity index (χ4n) is 4.18. The molecule has 1 saturated heterocycles. The molecular weight excluding hydrogens is 445 g/mol. The minimum Gasteiger partial charge on any atom is -0.492 e. The lowest BCUT2D eigenvalue weighted by Crippen LogP contribution is -2.49. The van der Waals surface area contributed by atoms with E-state index >= 15 is 0 Å². The number of pyridine rings is 1. The van der Waals surface area contributed by atoms with E-state index in [0.29, 0.717) is 23.6 Å². The molecule has 10 heteroatoms. The van der Waals surface area contributed by atoms with Gasteiger partial charge in [-0.05, 0) is 38.1 Å². The molecule has 0 N–H and O–H groups in total. The number of aryl methyl sites for hydroxylation is 1. The van der Waals surface area contributed by atoms with Crippen LogP contribution in [0.25, 0.3) is 22.3 Å². The SMILES string of the molecule is CC(C)N1CCN(CCOc2ccc(-c3cc4c(ncn4C)c(C#N)n3)cc2C(F)(F)F)CC1. The average molecular weight is 473 g/mol. The van der Waals surface area contributed by atoms with Gasteiger partial charge in [0.2, 0.25) is 0 Å². The van der Waals surface area contributed by atoms with Crippen molar-refractivity contribution >= 4 is 11.0 Å². The van der Waals surface area contributed by atoms with Crippen molar-refractivity contribution in [1.29, 1.82) is 5.26 Å². The standard InChI is InChI=1S/C24H27F3N6O/c1-16(2)33-8-6-32(7-9-33)10-11-34-22-5-4-17(12-18(22)24(25,26)27)19-13-21-23(20(14-28)30-19)29-15-31(21)3/h4-5,12-13,15-16H,6-11H2,1-3H3. The Hall–Kier alpha value is -3.16. The lowest BCUT2D eigenvalue weighted by molar-refractivity contribution is -0.138. The molecule has 180 valence electrons. The van der Waals surface area contributed by atoms with E-state index in [2.05, 4.69) is 33.6 Å². The van der Waals surface area contributed by atoms with E-state index in [0.717, 1.165) is 32.2 Å². The van der Waals surface area contributed by atoms with E-state index in [4.69, 9.17) is 4.74 Å². The van der Waals surface area contributed by atoms with Crippen molar-refractivity contribution in [2.24, 2.45) is 7.05 Å². The summed E-state index contributed by atoms with van der Waals surface area (Å²) < 4.78 is 48.9. The second kappa shape index (κ2) is 9.60. The van der Waals surface area contributed by atoms with Gasteiger partial charge in [-0.1, -0.05) is 0 Å². The molecule has 1 aromatic carbocycles.